The van der Waals surface area contributed by atoms with Crippen LogP contribution in [0.25, 0.3) is 60.2 Å². The highest BCUT2D eigenvalue weighted by molar-refractivity contribution is 6.14. The summed E-state index contributed by atoms with van der Waals surface area (Å²) >= 11 is 0. The van der Waals surface area contributed by atoms with Gasteiger partial charge in [0.2, 0.25) is 0 Å². The molecule has 0 saturated heterocycles. The second-order valence-electron chi connectivity index (χ2n) is 11.0. The molecule has 0 saturated carbocycles. The number of benzene rings is 7. The fraction of sp³-hybridized carbons (Fsp3) is 0. The molecule has 9 rings (SSSR count). The molecule has 9 aromatic rings. The Bertz CT molecular complexity index is 2450. The number of para-hydroxylation sites is 4. The minimum Gasteiger partial charge on any atom is -0.454 e. The Morgan fingerprint density at radius 3 is 1.95 bits per heavy atom. The average molecular weight is 551 g/mol. The van der Waals surface area contributed by atoms with E-state index in [1.807, 2.05) is 0 Å². The van der Waals surface area contributed by atoms with Crippen molar-refractivity contribution in [2.75, 3.05) is 4.90 Å². The number of rotatable bonds is 4. The van der Waals surface area contributed by atoms with Crippen LogP contribution in [0.2, 0.25) is 0 Å². The van der Waals surface area contributed by atoms with E-state index >= 15 is 0 Å². The molecular formula is C40H26N2O. The first-order chi connectivity index (χ1) is 21.3. The third-order valence-electron chi connectivity index (χ3n) is 8.53. The van der Waals surface area contributed by atoms with E-state index in [0.29, 0.717) is 0 Å². The SMILES string of the molecule is c1ccc(N(c2ccc3c(c2)c2ccccc2n3-c2ccccc2)c2cccc3c2oc2cc4ccccc4cc23)cc1. The summed E-state index contributed by atoms with van der Waals surface area (Å²) in [4.78, 5) is 2.32. The highest BCUT2D eigenvalue weighted by Gasteiger charge is 2.21. The lowest BCUT2D eigenvalue weighted by Crippen LogP contribution is -2.10. The third-order valence-corrected chi connectivity index (χ3v) is 8.53. The van der Waals surface area contributed by atoms with Crippen LogP contribution < -0.4 is 4.90 Å². The van der Waals surface area contributed by atoms with E-state index in [9.17, 15) is 0 Å². The molecule has 0 amide bonds. The minimum atomic E-state index is 0.878. The average Bonchev–Trinajstić information content (AvgIpc) is 3.60. The van der Waals surface area contributed by atoms with Crippen LogP contribution in [-0.4, -0.2) is 4.57 Å². The van der Waals surface area contributed by atoms with E-state index in [4.69, 9.17) is 4.42 Å². The zero-order valence-electron chi connectivity index (χ0n) is 23.3. The Morgan fingerprint density at radius 1 is 0.442 bits per heavy atom. The first-order valence-corrected chi connectivity index (χ1v) is 14.6. The summed E-state index contributed by atoms with van der Waals surface area (Å²) < 4.78 is 9.04. The molecule has 0 bridgehead atoms. The van der Waals surface area contributed by atoms with Gasteiger partial charge in [0.05, 0.1) is 16.7 Å². The summed E-state index contributed by atoms with van der Waals surface area (Å²) in [5.74, 6) is 0. The largest absolute Gasteiger partial charge is 0.454 e. The maximum atomic E-state index is 6.69. The Labute approximate surface area is 248 Å². The maximum absolute atomic E-state index is 6.69. The highest BCUT2D eigenvalue weighted by Crippen LogP contribution is 2.44. The minimum absolute atomic E-state index is 0.878. The number of hydrogen-bond acceptors (Lipinski definition) is 2. The van der Waals surface area contributed by atoms with E-state index in [2.05, 4.69) is 167 Å². The molecule has 0 spiro atoms. The van der Waals surface area contributed by atoms with Gasteiger partial charge >= 0.3 is 0 Å². The monoisotopic (exact) mass is 550 g/mol. The number of anilines is 3. The maximum Gasteiger partial charge on any atom is 0.159 e. The van der Waals surface area contributed by atoms with Gasteiger partial charge in [-0.1, -0.05) is 91.0 Å². The molecular weight excluding hydrogens is 524 g/mol. The predicted octanol–water partition coefficient (Wildman–Crippen LogP) is 11.3. The first-order valence-electron chi connectivity index (χ1n) is 14.6. The van der Waals surface area contributed by atoms with Crippen LogP contribution in [0.1, 0.15) is 0 Å². The Kier molecular flexibility index (Phi) is 5.20. The van der Waals surface area contributed by atoms with Crippen molar-refractivity contribution < 1.29 is 4.42 Å². The smallest absolute Gasteiger partial charge is 0.159 e. The van der Waals surface area contributed by atoms with Gasteiger partial charge in [-0.15, -0.1) is 0 Å². The van der Waals surface area contributed by atoms with Crippen molar-refractivity contribution >= 4 is 71.6 Å². The van der Waals surface area contributed by atoms with Crippen LogP contribution >= 0.6 is 0 Å². The molecule has 0 atom stereocenters. The van der Waals surface area contributed by atoms with Gasteiger partial charge in [0.25, 0.3) is 0 Å². The summed E-state index contributed by atoms with van der Waals surface area (Å²) in [7, 11) is 0. The van der Waals surface area contributed by atoms with Crippen molar-refractivity contribution in [1.29, 1.82) is 0 Å². The molecule has 0 N–H and O–H groups in total. The number of fused-ring (bicyclic) bond motifs is 7. The van der Waals surface area contributed by atoms with E-state index in [-0.39, 0.29) is 0 Å². The standard InChI is InChI=1S/C40H26N2O/c1-3-14-29(15-4-1)41(38-21-11-19-33-35-24-27-12-7-8-13-28(27)25-39(35)43-40(33)38)31-22-23-37-34(26-31)32-18-9-10-20-36(32)42(37)30-16-5-2-6-17-30/h1-26H. The summed E-state index contributed by atoms with van der Waals surface area (Å²) in [5.41, 5.74) is 8.46. The number of nitrogens with zero attached hydrogens (tertiary/aromatic N) is 2. The van der Waals surface area contributed by atoms with Crippen molar-refractivity contribution in [2.45, 2.75) is 0 Å². The summed E-state index contributed by atoms with van der Waals surface area (Å²) in [6.45, 7) is 0. The molecule has 7 aromatic carbocycles. The molecule has 0 fully saturated rings. The van der Waals surface area contributed by atoms with E-state index < -0.39 is 0 Å². The van der Waals surface area contributed by atoms with E-state index in [0.717, 1.165) is 44.7 Å². The van der Waals surface area contributed by atoms with Gasteiger partial charge < -0.3 is 13.9 Å². The second-order valence-corrected chi connectivity index (χ2v) is 11.0. The zero-order chi connectivity index (χ0) is 28.3. The van der Waals surface area contributed by atoms with Crippen LogP contribution in [0, 0.1) is 0 Å². The number of furan rings is 1. The van der Waals surface area contributed by atoms with Crippen molar-refractivity contribution in [3.63, 3.8) is 0 Å². The quantitative estimate of drug-likeness (QED) is 0.217. The molecule has 0 aliphatic carbocycles. The molecule has 0 aliphatic heterocycles. The molecule has 2 aromatic heterocycles. The van der Waals surface area contributed by atoms with Crippen LogP contribution in [0.3, 0.4) is 0 Å². The van der Waals surface area contributed by atoms with Crippen molar-refractivity contribution in [3.05, 3.63) is 158 Å². The van der Waals surface area contributed by atoms with E-state index in [1.165, 1.54) is 32.6 Å². The second kappa shape index (κ2) is 9.37. The van der Waals surface area contributed by atoms with Gasteiger partial charge in [0.1, 0.15) is 5.58 Å². The van der Waals surface area contributed by atoms with Crippen molar-refractivity contribution in [2.24, 2.45) is 0 Å². The molecule has 43 heavy (non-hydrogen) atoms. The van der Waals surface area contributed by atoms with Gasteiger partial charge in [-0.25, -0.2) is 0 Å². The van der Waals surface area contributed by atoms with Crippen molar-refractivity contribution in [1.82, 2.24) is 4.57 Å². The molecule has 2 heterocycles. The fourth-order valence-corrected chi connectivity index (χ4v) is 6.60. The molecule has 0 aliphatic rings. The lowest BCUT2D eigenvalue weighted by molar-refractivity contribution is 0.669. The Hall–Kier alpha value is -5.80. The topological polar surface area (TPSA) is 21.3 Å². The Morgan fingerprint density at radius 2 is 1.12 bits per heavy atom. The Balaban J connectivity index is 1.32. The molecule has 3 nitrogen and oxygen atoms in total. The van der Waals surface area contributed by atoms with Crippen LogP contribution in [-0.2, 0) is 0 Å². The fourth-order valence-electron chi connectivity index (χ4n) is 6.60. The van der Waals surface area contributed by atoms with Gasteiger partial charge in [-0.05, 0) is 77.5 Å². The molecule has 3 heteroatoms. The van der Waals surface area contributed by atoms with Crippen LogP contribution in [0.4, 0.5) is 17.1 Å². The van der Waals surface area contributed by atoms with Gasteiger partial charge in [0, 0.05) is 38.6 Å². The normalized spacial score (nSPS) is 11.7. The lowest BCUT2D eigenvalue weighted by atomic mass is 10.1. The third kappa shape index (κ3) is 3.68. The number of aromatic nitrogens is 1. The lowest BCUT2D eigenvalue weighted by Gasteiger charge is -2.25. The molecule has 0 unspecified atom stereocenters. The van der Waals surface area contributed by atoms with Gasteiger partial charge in [0.15, 0.2) is 5.58 Å². The molecule has 0 radical (unpaired) electrons. The molecule has 202 valence electrons. The summed E-state index contributed by atoms with van der Waals surface area (Å²) in [6, 6.07) is 55.9. The van der Waals surface area contributed by atoms with Gasteiger partial charge in [-0.2, -0.15) is 0 Å². The highest BCUT2D eigenvalue weighted by atomic mass is 16.3. The van der Waals surface area contributed by atoms with Crippen LogP contribution in [0.5, 0.6) is 0 Å². The predicted molar refractivity (Wildman–Crippen MR) is 180 cm³/mol. The van der Waals surface area contributed by atoms with Crippen LogP contribution in [0.15, 0.2) is 162 Å². The zero-order valence-corrected chi connectivity index (χ0v) is 23.3. The first kappa shape index (κ1) is 23.9. The van der Waals surface area contributed by atoms with Crippen molar-refractivity contribution in [3.8, 4) is 5.69 Å². The summed E-state index contributed by atoms with van der Waals surface area (Å²) in [6.07, 6.45) is 0. The summed E-state index contributed by atoms with van der Waals surface area (Å²) in [5, 5.41) is 7.07. The van der Waals surface area contributed by atoms with E-state index in [1.54, 1.807) is 0 Å². The van der Waals surface area contributed by atoms with Gasteiger partial charge in [-0.3, -0.25) is 0 Å². The number of hydrogen-bond donors (Lipinski definition) is 0.